The zero-order chi connectivity index (χ0) is 13.9. The van der Waals surface area contributed by atoms with Crippen LogP contribution in [-0.2, 0) is 0 Å². The standard InChI is InChI=1S/C17H14N2S/c1-12-5-4-6-13(9-12)14(10-18)16-11-20-17-8-3-2-7-15(17)19-16/h2-9,19H,11H2,1H3/b16-14-. The van der Waals surface area contributed by atoms with Crippen LogP contribution in [0.1, 0.15) is 11.1 Å². The van der Waals surface area contributed by atoms with Gasteiger partial charge in [0.2, 0.25) is 0 Å². The average Bonchev–Trinajstić information content (AvgIpc) is 2.48. The molecule has 1 N–H and O–H groups in total. The highest BCUT2D eigenvalue weighted by Crippen LogP contribution is 2.36. The molecule has 0 spiro atoms. The Bertz CT molecular complexity index is 726. The zero-order valence-corrected chi connectivity index (χ0v) is 12.0. The fraction of sp³-hybridized carbons (Fsp3) is 0.118. The molecule has 20 heavy (non-hydrogen) atoms. The summed E-state index contributed by atoms with van der Waals surface area (Å²) >= 11 is 1.77. The number of hydrogen-bond donors (Lipinski definition) is 1. The van der Waals surface area contributed by atoms with Gasteiger partial charge in [-0.25, -0.2) is 0 Å². The molecule has 0 bridgehead atoms. The number of nitrogens with one attached hydrogen (secondary N) is 1. The van der Waals surface area contributed by atoms with Crippen molar-refractivity contribution in [2.45, 2.75) is 11.8 Å². The highest BCUT2D eigenvalue weighted by molar-refractivity contribution is 7.99. The van der Waals surface area contributed by atoms with E-state index < -0.39 is 0 Å². The minimum Gasteiger partial charge on any atom is -0.356 e. The molecular weight excluding hydrogens is 264 g/mol. The van der Waals surface area contributed by atoms with Crippen LogP contribution in [0.4, 0.5) is 5.69 Å². The van der Waals surface area contributed by atoms with Crippen molar-refractivity contribution in [3.63, 3.8) is 0 Å². The van der Waals surface area contributed by atoms with Gasteiger partial charge in [-0.2, -0.15) is 5.26 Å². The van der Waals surface area contributed by atoms with Crippen molar-refractivity contribution in [3.8, 4) is 6.07 Å². The molecule has 0 radical (unpaired) electrons. The second kappa shape index (κ2) is 5.44. The highest BCUT2D eigenvalue weighted by Gasteiger charge is 2.16. The molecule has 0 atom stereocenters. The van der Waals surface area contributed by atoms with Crippen LogP contribution < -0.4 is 5.32 Å². The van der Waals surface area contributed by atoms with Crippen molar-refractivity contribution < 1.29 is 0 Å². The number of nitrogens with zero attached hydrogens (tertiary/aromatic N) is 1. The molecule has 0 unspecified atom stereocenters. The lowest BCUT2D eigenvalue weighted by Crippen LogP contribution is -2.10. The summed E-state index contributed by atoms with van der Waals surface area (Å²) in [5.41, 5.74) is 4.95. The monoisotopic (exact) mass is 278 g/mol. The van der Waals surface area contributed by atoms with E-state index in [1.165, 1.54) is 10.5 Å². The van der Waals surface area contributed by atoms with Gasteiger partial charge in [0.1, 0.15) is 6.07 Å². The third-order valence-corrected chi connectivity index (χ3v) is 4.36. The van der Waals surface area contributed by atoms with Crippen LogP contribution in [0.15, 0.2) is 59.1 Å². The fourth-order valence-electron chi connectivity index (χ4n) is 2.29. The molecule has 0 fully saturated rings. The largest absolute Gasteiger partial charge is 0.356 e. The van der Waals surface area contributed by atoms with Crippen LogP contribution in [0.3, 0.4) is 0 Å². The lowest BCUT2D eigenvalue weighted by atomic mass is 10.0. The summed E-state index contributed by atoms with van der Waals surface area (Å²) in [4.78, 5) is 1.23. The second-order valence-corrected chi connectivity index (χ2v) is 5.76. The van der Waals surface area contributed by atoms with Crippen molar-refractivity contribution >= 4 is 23.0 Å². The third-order valence-electron chi connectivity index (χ3n) is 3.26. The predicted molar refractivity (Wildman–Crippen MR) is 84.5 cm³/mol. The summed E-state index contributed by atoms with van der Waals surface area (Å²) in [7, 11) is 0. The number of allylic oxidation sites excluding steroid dienone is 1. The Kier molecular flexibility index (Phi) is 3.49. The Balaban J connectivity index is 2.04. The summed E-state index contributed by atoms with van der Waals surface area (Å²) in [5, 5.41) is 12.9. The molecule has 1 aliphatic heterocycles. The molecule has 0 aromatic heterocycles. The number of fused-ring (bicyclic) bond motifs is 1. The summed E-state index contributed by atoms with van der Waals surface area (Å²) in [6.07, 6.45) is 0. The van der Waals surface area contributed by atoms with E-state index in [4.69, 9.17) is 0 Å². The van der Waals surface area contributed by atoms with Gasteiger partial charge in [0.25, 0.3) is 0 Å². The van der Waals surface area contributed by atoms with Gasteiger partial charge in [-0.3, -0.25) is 0 Å². The molecule has 0 amide bonds. The van der Waals surface area contributed by atoms with E-state index in [1.807, 2.05) is 43.3 Å². The molecule has 1 heterocycles. The van der Waals surface area contributed by atoms with Gasteiger partial charge in [0.05, 0.1) is 11.3 Å². The van der Waals surface area contributed by atoms with Crippen LogP contribution >= 0.6 is 11.8 Å². The van der Waals surface area contributed by atoms with E-state index in [9.17, 15) is 5.26 Å². The first kappa shape index (κ1) is 12.8. The average molecular weight is 278 g/mol. The lowest BCUT2D eigenvalue weighted by molar-refractivity contribution is 1.29. The second-order valence-electron chi connectivity index (χ2n) is 4.74. The number of anilines is 1. The van der Waals surface area contributed by atoms with Gasteiger partial charge >= 0.3 is 0 Å². The van der Waals surface area contributed by atoms with Crippen LogP contribution in [-0.4, -0.2) is 5.75 Å². The molecule has 2 aromatic carbocycles. The third kappa shape index (κ3) is 2.43. The van der Waals surface area contributed by atoms with Crippen molar-refractivity contribution in [3.05, 3.63) is 65.4 Å². The van der Waals surface area contributed by atoms with Gasteiger partial charge < -0.3 is 5.32 Å². The number of thioether (sulfide) groups is 1. The summed E-state index contributed by atoms with van der Waals surface area (Å²) in [6, 6.07) is 18.6. The summed E-state index contributed by atoms with van der Waals surface area (Å²) in [5.74, 6) is 0.799. The first-order chi connectivity index (χ1) is 9.78. The molecule has 2 nitrogen and oxygen atoms in total. The molecule has 3 heteroatoms. The first-order valence-corrected chi connectivity index (χ1v) is 7.45. The number of rotatable bonds is 1. The van der Waals surface area contributed by atoms with Gasteiger partial charge in [-0.1, -0.05) is 42.0 Å². The van der Waals surface area contributed by atoms with Crippen LogP contribution in [0.25, 0.3) is 5.57 Å². The van der Waals surface area contributed by atoms with Gasteiger partial charge in [-0.05, 0) is 24.6 Å². The summed E-state index contributed by atoms with van der Waals surface area (Å²) in [6.45, 7) is 2.04. The lowest BCUT2D eigenvalue weighted by Gasteiger charge is -2.21. The quantitative estimate of drug-likeness (QED) is 0.783. The Morgan fingerprint density at radius 3 is 2.85 bits per heavy atom. The van der Waals surface area contributed by atoms with E-state index in [0.29, 0.717) is 0 Å². The van der Waals surface area contributed by atoms with Crippen molar-refractivity contribution in [1.29, 1.82) is 5.26 Å². The summed E-state index contributed by atoms with van der Waals surface area (Å²) < 4.78 is 0. The number of hydrogen-bond acceptors (Lipinski definition) is 3. The number of benzene rings is 2. The Labute approximate surface area is 123 Å². The maximum Gasteiger partial charge on any atom is 0.102 e. The SMILES string of the molecule is Cc1cccc(/C(C#N)=C2/CSc3ccccc3N2)c1. The van der Waals surface area contributed by atoms with E-state index in [-0.39, 0.29) is 0 Å². The number of nitriles is 1. The Hall–Kier alpha value is -2.18. The molecular formula is C17H14N2S. The first-order valence-electron chi connectivity index (χ1n) is 6.47. The van der Waals surface area contributed by atoms with Crippen molar-refractivity contribution in [2.75, 3.05) is 11.1 Å². The highest BCUT2D eigenvalue weighted by atomic mass is 32.2. The van der Waals surface area contributed by atoms with Crippen LogP contribution in [0.5, 0.6) is 0 Å². The van der Waals surface area contributed by atoms with Crippen molar-refractivity contribution in [2.24, 2.45) is 0 Å². The minimum absolute atomic E-state index is 0.732. The molecule has 2 aromatic rings. The number of para-hydroxylation sites is 1. The Morgan fingerprint density at radius 1 is 1.20 bits per heavy atom. The van der Waals surface area contributed by atoms with Crippen molar-refractivity contribution in [1.82, 2.24) is 0 Å². The van der Waals surface area contributed by atoms with Gasteiger partial charge in [-0.15, -0.1) is 11.8 Å². The smallest absolute Gasteiger partial charge is 0.102 e. The molecule has 0 saturated carbocycles. The normalized spacial score (nSPS) is 15.8. The minimum atomic E-state index is 0.732. The topological polar surface area (TPSA) is 35.8 Å². The van der Waals surface area contributed by atoms with Crippen LogP contribution in [0, 0.1) is 18.3 Å². The van der Waals surface area contributed by atoms with Crippen LogP contribution in [0.2, 0.25) is 0 Å². The fourth-order valence-corrected chi connectivity index (χ4v) is 3.25. The zero-order valence-electron chi connectivity index (χ0n) is 11.2. The van der Waals surface area contributed by atoms with E-state index >= 15 is 0 Å². The van der Waals surface area contributed by atoms with Gasteiger partial charge in [0.15, 0.2) is 0 Å². The van der Waals surface area contributed by atoms with Gasteiger partial charge in [0, 0.05) is 16.3 Å². The molecule has 98 valence electrons. The Morgan fingerprint density at radius 2 is 2.05 bits per heavy atom. The maximum absolute atomic E-state index is 9.51. The van der Waals surface area contributed by atoms with E-state index in [1.54, 1.807) is 11.8 Å². The molecule has 3 rings (SSSR count). The van der Waals surface area contributed by atoms with E-state index in [0.717, 1.165) is 28.3 Å². The maximum atomic E-state index is 9.51. The molecule has 0 aliphatic carbocycles. The van der Waals surface area contributed by atoms with E-state index in [2.05, 4.69) is 23.5 Å². The number of aryl methyl sites for hydroxylation is 1. The predicted octanol–water partition coefficient (Wildman–Crippen LogP) is 4.45. The molecule has 0 saturated heterocycles. The molecule has 1 aliphatic rings.